The third-order valence-electron chi connectivity index (χ3n) is 1.86. The van der Waals surface area contributed by atoms with E-state index in [0.29, 0.717) is 5.71 Å². The van der Waals surface area contributed by atoms with Crippen LogP contribution in [-0.4, -0.2) is 25.0 Å². The monoisotopic (exact) mass is 271 g/mol. The lowest BCUT2D eigenvalue weighted by molar-refractivity contribution is 0.599. The summed E-state index contributed by atoms with van der Waals surface area (Å²) in [6, 6.07) is 8.20. The van der Waals surface area contributed by atoms with Crippen LogP contribution >= 0.6 is 12.2 Å². The molecule has 0 aromatic heterocycles. The van der Waals surface area contributed by atoms with Crippen LogP contribution in [0.2, 0.25) is 0 Å². The molecule has 1 rings (SSSR count). The number of nitrogens with one attached hydrogen (secondary N) is 1. The quantitative estimate of drug-likeness (QED) is 0.477. The summed E-state index contributed by atoms with van der Waals surface area (Å²) < 4.78 is 23.8. The van der Waals surface area contributed by atoms with Crippen LogP contribution in [0.3, 0.4) is 0 Å². The van der Waals surface area contributed by atoms with Gasteiger partial charge in [-0.2, -0.15) is 5.10 Å². The molecule has 0 aliphatic heterocycles. The minimum Gasteiger partial charge on any atom is -0.375 e. The fraction of sp³-hybridized carbons (Fsp3) is 0.200. The van der Waals surface area contributed by atoms with Crippen LogP contribution in [0, 0.1) is 0 Å². The van der Waals surface area contributed by atoms with E-state index in [9.17, 15) is 8.42 Å². The number of hydrazone groups is 1. The zero-order valence-electron chi connectivity index (χ0n) is 9.25. The summed E-state index contributed by atoms with van der Waals surface area (Å²) in [6.07, 6.45) is 0. The molecule has 0 heterocycles. The lowest BCUT2D eigenvalue weighted by Crippen LogP contribution is -2.26. The fourth-order valence-electron chi connectivity index (χ4n) is 1.17. The van der Waals surface area contributed by atoms with Gasteiger partial charge in [0, 0.05) is 0 Å². The molecule has 0 aliphatic carbocycles. The van der Waals surface area contributed by atoms with Crippen LogP contribution < -0.4 is 11.2 Å². The van der Waals surface area contributed by atoms with Crippen LogP contribution in [0.1, 0.15) is 6.92 Å². The molecule has 7 heteroatoms. The largest absolute Gasteiger partial charge is 0.375 e. The Labute approximate surface area is 106 Å². The van der Waals surface area contributed by atoms with Crippen molar-refractivity contribution in [3.63, 3.8) is 0 Å². The van der Waals surface area contributed by atoms with Gasteiger partial charge in [-0.3, -0.25) is 5.43 Å². The molecule has 0 saturated carbocycles. The zero-order chi connectivity index (χ0) is 12.9. The molecule has 0 aliphatic rings. The molecule has 0 fully saturated rings. The molecule has 5 nitrogen and oxygen atoms in total. The van der Waals surface area contributed by atoms with Gasteiger partial charge < -0.3 is 5.73 Å². The molecule has 0 atom stereocenters. The predicted octanol–water partition coefficient (Wildman–Crippen LogP) is 0.669. The third kappa shape index (κ3) is 4.49. The molecule has 1 aromatic carbocycles. The molecule has 0 saturated heterocycles. The van der Waals surface area contributed by atoms with Crippen molar-refractivity contribution in [2.75, 3.05) is 5.75 Å². The first kappa shape index (κ1) is 13.6. The summed E-state index contributed by atoms with van der Waals surface area (Å²) in [7, 11) is -3.36. The number of sulfone groups is 1. The normalized spacial score (nSPS) is 12.2. The van der Waals surface area contributed by atoms with E-state index in [1.807, 2.05) is 0 Å². The van der Waals surface area contributed by atoms with E-state index in [1.54, 1.807) is 37.3 Å². The molecule has 0 spiro atoms. The van der Waals surface area contributed by atoms with Crippen LogP contribution in [-0.2, 0) is 9.84 Å². The van der Waals surface area contributed by atoms with Crippen molar-refractivity contribution >= 4 is 32.9 Å². The van der Waals surface area contributed by atoms with E-state index < -0.39 is 9.84 Å². The minimum atomic E-state index is -3.36. The summed E-state index contributed by atoms with van der Waals surface area (Å²) in [6.45, 7) is 1.59. The SMILES string of the molecule is C/C(CS(=O)(=O)c1ccccc1)=N/NC(N)=S. The molecular weight excluding hydrogens is 258 g/mol. The van der Waals surface area contributed by atoms with E-state index in [4.69, 9.17) is 5.73 Å². The molecule has 3 N–H and O–H groups in total. The molecule has 1 aromatic rings. The van der Waals surface area contributed by atoms with Gasteiger partial charge in [0.1, 0.15) is 0 Å². The van der Waals surface area contributed by atoms with Crippen LogP contribution in [0.5, 0.6) is 0 Å². The molecule has 17 heavy (non-hydrogen) atoms. The van der Waals surface area contributed by atoms with Crippen molar-refractivity contribution in [1.82, 2.24) is 5.43 Å². The molecule has 92 valence electrons. The lowest BCUT2D eigenvalue weighted by atomic mass is 10.4. The van der Waals surface area contributed by atoms with Crippen LogP contribution in [0.15, 0.2) is 40.3 Å². The summed E-state index contributed by atoms with van der Waals surface area (Å²) in [4.78, 5) is 0.268. The van der Waals surface area contributed by atoms with Crippen molar-refractivity contribution in [2.45, 2.75) is 11.8 Å². The highest BCUT2D eigenvalue weighted by Crippen LogP contribution is 2.10. The maximum Gasteiger partial charge on any atom is 0.184 e. The van der Waals surface area contributed by atoms with Gasteiger partial charge >= 0.3 is 0 Å². The van der Waals surface area contributed by atoms with E-state index in [0.717, 1.165) is 0 Å². The zero-order valence-corrected chi connectivity index (χ0v) is 10.9. The first-order chi connectivity index (χ1) is 7.92. The number of rotatable bonds is 4. The van der Waals surface area contributed by atoms with Gasteiger partial charge in [-0.1, -0.05) is 18.2 Å². The Hall–Kier alpha value is -1.47. The molecular formula is C10H13N3O2S2. The first-order valence-corrected chi connectivity index (χ1v) is 6.84. The summed E-state index contributed by atoms with van der Waals surface area (Å²) in [5.41, 5.74) is 7.92. The number of benzene rings is 1. The maximum absolute atomic E-state index is 11.9. The standard InChI is InChI=1S/C10H13N3O2S2/c1-8(12-13-10(11)16)7-17(14,15)9-5-3-2-4-6-9/h2-6H,7H2,1H3,(H3,11,13,16)/b12-8-. The fourth-order valence-corrected chi connectivity index (χ4v) is 2.57. The second-order valence-corrected chi connectivity index (χ2v) is 5.82. The minimum absolute atomic E-state index is 0.00135. The first-order valence-electron chi connectivity index (χ1n) is 4.78. The topological polar surface area (TPSA) is 84.5 Å². The average molecular weight is 271 g/mol. The van der Waals surface area contributed by atoms with Gasteiger partial charge in [-0.25, -0.2) is 8.42 Å². The highest BCUT2D eigenvalue weighted by molar-refractivity contribution is 7.92. The number of hydrogen-bond acceptors (Lipinski definition) is 4. The Kier molecular flexibility index (Phi) is 4.59. The Balaban J connectivity index is 2.81. The van der Waals surface area contributed by atoms with E-state index in [-0.39, 0.29) is 15.8 Å². The van der Waals surface area contributed by atoms with Crippen molar-refractivity contribution < 1.29 is 8.42 Å². The number of nitrogens with two attached hydrogens (primary N) is 1. The van der Waals surface area contributed by atoms with Gasteiger partial charge in [0.2, 0.25) is 0 Å². The Morgan fingerprint density at radius 3 is 2.53 bits per heavy atom. The van der Waals surface area contributed by atoms with E-state index in [2.05, 4.69) is 22.7 Å². The Bertz CT molecular complexity index is 524. The summed E-state index contributed by atoms with van der Waals surface area (Å²) >= 11 is 4.56. The van der Waals surface area contributed by atoms with Gasteiger partial charge in [-0.15, -0.1) is 0 Å². The average Bonchev–Trinajstić information content (AvgIpc) is 2.27. The predicted molar refractivity (Wildman–Crippen MR) is 71.5 cm³/mol. The van der Waals surface area contributed by atoms with Crippen LogP contribution in [0.4, 0.5) is 0 Å². The van der Waals surface area contributed by atoms with Gasteiger partial charge in [-0.05, 0) is 31.3 Å². The van der Waals surface area contributed by atoms with Crippen molar-refractivity contribution in [2.24, 2.45) is 10.8 Å². The second-order valence-electron chi connectivity index (χ2n) is 3.40. The smallest absolute Gasteiger partial charge is 0.184 e. The van der Waals surface area contributed by atoms with Gasteiger partial charge in [0.25, 0.3) is 0 Å². The molecule has 0 unspecified atom stereocenters. The van der Waals surface area contributed by atoms with Crippen molar-refractivity contribution in [3.8, 4) is 0 Å². The summed E-state index contributed by atoms with van der Waals surface area (Å²) in [5, 5.41) is 3.76. The van der Waals surface area contributed by atoms with E-state index >= 15 is 0 Å². The lowest BCUT2D eigenvalue weighted by Gasteiger charge is -2.04. The van der Waals surface area contributed by atoms with Crippen molar-refractivity contribution in [1.29, 1.82) is 0 Å². The molecule has 0 amide bonds. The Morgan fingerprint density at radius 1 is 1.41 bits per heavy atom. The van der Waals surface area contributed by atoms with E-state index in [1.165, 1.54) is 0 Å². The second kappa shape index (κ2) is 5.74. The maximum atomic E-state index is 11.9. The third-order valence-corrected chi connectivity index (χ3v) is 3.74. The number of thiocarbonyl (C=S) groups is 1. The highest BCUT2D eigenvalue weighted by atomic mass is 32.2. The van der Waals surface area contributed by atoms with Gasteiger partial charge in [0.05, 0.1) is 16.4 Å². The van der Waals surface area contributed by atoms with Crippen LogP contribution in [0.25, 0.3) is 0 Å². The van der Waals surface area contributed by atoms with Gasteiger partial charge in [0.15, 0.2) is 14.9 Å². The number of hydrogen-bond donors (Lipinski definition) is 2. The number of nitrogens with zero attached hydrogens (tertiary/aromatic N) is 1. The van der Waals surface area contributed by atoms with Crippen molar-refractivity contribution in [3.05, 3.63) is 30.3 Å². The molecule has 0 bridgehead atoms. The highest BCUT2D eigenvalue weighted by Gasteiger charge is 2.15. The molecule has 0 radical (unpaired) electrons. The summed E-state index contributed by atoms with van der Waals surface area (Å²) in [5.74, 6) is -0.174. The Morgan fingerprint density at radius 2 is 2.00 bits per heavy atom.